The lowest BCUT2D eigenvalue weighted by Crippen LogP contribution is -2.24. The molecule has 3 rings (SSSR count). The molecule has 3 aromatic rings. The van der Waals surface area contributed by atoms with E-state index in [4.69, 9.17) is 14.2 Å². The number of fused-ring (bicyclic) bond motifs is 1. The van der Waals surface area contributed by atoms with E-state index in [1.165, 1.54) is 20.2 Å². The van der Waals surface area contributed by atoms with Gasteiger partial charge in [-0.25, -0.2) is 5.43 Å². The zero-order chi connectivity index (χ0) is 20.6. The van der Waals surface area contributed by atoms with Crippen LogP contribution in [-0.2, 0) is 9.59 Å². The number of methoxy groups -OCH3 is 1. The molecule has 29 heavy (non-hydrogen) atoms. The Morgan fingerprint density at radius 3 is 2.55 bits per heavy atom. The molecule has 7 heteroatoms. The first-order chi connectivity index (χ1) is 14.0. The lowest BCUT2D eigenvalue weighted by molar-refractivity contribution is -0.132. The Labute approximate surface area is 167 Å². The van der Waals surface area contributed by atoms with Crippen LogP contribution in [0.2, 0.25) is 0 Å². The minimum atomic E-state index is -0.441. The molecule has 0 radical (unpaired) electrons. The van der Waals surface area contributed by atoms with E-state index in [1.54, 1.807) is 18.2 Å². The van der Waals surface area contributed by atoms with E-state index in [1.807, 2.05) is 42.5 Å². The van der Waals surface area contributed by atoms with Gasteiger partial charge in [-0.05, 0) is 46.7 Å². The van der Waals surface area contributed by atoms with Crippen molar-refractivity contribution in [1.29, 1.82) is 0 Å². The molecule has 0 fully saturated rings. The Balaban J connectivity index is 1.54. The Kier molecular flexibility index (Phi) is 6.42. The van der Waals surface area contributed by atoms with Crippen LogP contribution < -0.4 is 19.6 Å². The highest BCUT2D eigenvalue weighted by atomic mass is 16.6. The number of benzene rings is 3. The molecule has 0 aliphatic rings. The highest BCUT2D eigenvalue weighted by molar-refractivity contribution is 5.85. The van der Waals surface area contributed by atoms with Crippen molar-refractivity contribution in [2.24, 2.45) is 5.10 Å². The third-order valence-corrected chi connectivity index (χ3v) is 3.94. The number of hydrazone groups is 1. The van der Waals surface area contributed by atoms with Gasteiger partial charge in [0.2, 0.25) is 0 Å². The summed E-state index contributed by atoms with van der Waals surface area (Å²) < 4.78 is 15.7. The summed E-state index contributed by atoms with van der Waals surface area (Å²) in [5, 5.41) is 6.04. The molecule has 0 aliphatic carbocycles. The van der Waals surface area contributed by atoms with Gasteiger partial charge in [0, 0.05) is 6.92 Å². The Bertz CT molecular complexity index is 1060. The second kappa shape index (κ2) is 9.36. The molecular formula is C22H20N2O5. The molecule has 1 amide bonds. The molecule has 7 nitrogen and oxygen atoms in total. The number of hydrogen-bond acceptors (Lipinski definition) is 6. The third-order valence-electron chi connectivity index (χ3n) is 3.94. The summed E-state index contributed by atoms with van der Waals surface area (Å²) in [5.41, 5.74) is 3.06. The predicted molar refractivity (Wildman–Crippen MR) is 109 cm³/mol. The number of ether oxygens (including phenoxy) is 3. The number of nitrogens with zero attached hydrogens (tertiary/aromatic N) is 1. The van der Waals surface area contributed by atoms with E-state index in [9.17, 15) is 9.59 Å². The normalized spacial score (nSPS) is 10.7. The number of carbonyl (C=O) groups is 2. The fraction of sp³-hybridized carbons (Fsp3) is 0.136. The van der Waals surface area contributed by atoms with Crippen LogP contribution in [0.1, 0.15) is 12.5 Å². The smallest absolute Gasteiger partial charge is 0.308 e. The van der Waals surface area contributed by atoms with Crippen molar-refractivity contribution < 1.29 is 23.8 Å². The van der Waals surface area contributed by atoms with E-state index >= 15 is 0 Å². The van der Waals surface area contributed by atoms with Crippen molar-refractivity contribution >= 4 is 28.9 Å². The van der Waals surface area contributed by atoms with Crippen LogP contribution in [0.5, 0.6) is 17.2 Å². The molecule has 0 saturated heterocycles. The Hall–Kier alpha value is -3.87. The Morgan fingerprint density at radius 1 is 1.00 bits per heavy atom. The first-order valence-corrected chi connectivity index (χ1v) is 8.85. The summed E-state index contributed by atoms with van der Waals surface area (Å²) in [6.45, 7) is 1.15. The van der Waals surface area contributed by atoms with Gasteiger partial charge in [-0.3, -0.25) is 9.59 Å². The van der Waals surface area contributed by atoms with Crippen molar-refractivity contribution in [3.05, 3.63) is 66.2 Å². The number of hydrogen-bond donors (Lipinski definition) is 1. The molecule has 0 unspecified atom stereocenters. The monoisotopic (exact) mass is 392 g/mol. The number of rotatable bonds is 7. The van der Waals surface area contributed by atoms with E-state index in [2.05, 4.69) is 10.5 Å². The quantitative estimate of drug-likeness (QED) is 0.289. The topological polar surface area (TPSA) is 86.2 Å². The van der Waals surface area contributed by atoms with E-state index in [-0.39, 0.29) is 6.61 Å². The second-order valence-electron chi connectivity index (χ2n) is 6.09. The molecule has 148 valence electrons. The molecule has 1 N–H and O–H groups in total. The standard InChI is InChI=1S/C22H20N2O5/c1-15(25)29-20-10-7-16(11-21(20)27-2)13-23-24-22(26)14-28-19-9-8-17-5-3-4-6-18(17)12-19/h3-13H,14H2,1-2H3,(H,24,26)/b23-13-. The van der Waals surface area contributed by atoms with Crippen molar-refractivity contribution in [2.75, 3.05) is 13.7 Å². The summed E-state index contributed by atoms with van der Waals surface area (Å²) in [7, 11) is 1.47. The average molecular weight is 392 g/mol. The van der Waals surface area contributed by atoms with Crippen molar-refractivity contribution in [3.63, 3.8) is 0 Å². The van der Waals surface area contributed by atoms with Gasteiger partial charge >= 0.3 is 5.97 Å². The van der Waals surface area contributed by atoms with Crippen molar-refractivity contribution in [2.45, 2.75) is 6.92 Å². The molecule has 0 bridgehead atoms. The van der Waals surface area contributed by atoms with E-state index in [0.717, 1.165) is 10.8 Å². The maximum atomic E-state index is 11.9. The second-order valence-corrected chi connectivity index (χ2v) is 6.09. The zero-order valence-corrected chi connectivity index (χ0v) is 16.0. The number of carbonyl (C=O) groups excluding carboxylic acids is 2. The Morgan fingerprint density at radius 2 is 1.79 bits per heavy atom. The first kappa shape index (κ1) is 19.9. The lowest BCUT2D eigenvalue weighted by atomic mass is 10.1. The summed E-state index contributed by atoms with van der Waals surface area (Å²) in [6, 6.07) is 18.4. The molecule has 0 spiro atoms. The van der Waals surface area contributed by atoms with Crippen molar-refractivity contribution in [3.8, 4) is 17.2 Å². The van der Waals surface area contributed by atoms with Crippen LogP contribution in [-0.4, -0.2) is 31.8 Å². The molecule has 0 saturated carbocycles. The summed E-state index contributed by atoms with van der Waals surface area (Å²) in [6.07, 6.45) is 1.45. The predicted octanol–water partition coefficient (Wildman–Crippen LogP) is 3.30. The fourth-order valence-electron chi connectivity index (χ4n) is 2.62. The maximum absolute atomic E-state index is 11.9. The third kappa shape index (κ3) is 5.55. The van der Waals surface area contributed by atoms with Gasteiger partial charge < -0.3 is 14.2 Å². The minimum Gasteiger partial charge on any atom is -0.493 e. The molecule has 0 atom stereocenters. The van der Waals surface area contributed by atoms with Gasteiger partial charge in [0.05, 0.1) is 13.3 Å². The molecule has 0 aliphatic heterocycles. The first-order valence-electron chi connectivity index (χ1n) is 8.85. The zero-order valence-electron chi connectivity index (χ0n) is 16.0. The van der Waals surface area contributed by atoms with E-state index < -0.39 is 11.9 Å². The molecular weight excluding hydrogens is 372 g/mol. The lowest BCUT2D eigenvalue weighted by Gasteiger charge is -2.08. The highest BCUT2D eigenvalue weighted by Gasteiger charge is 2.07. The van der Waals surface area contributed by atoms with Gasteiger partial charge in [0.25, 0.3) is 5.91 Å². The van der Waals surface area contributed by atoms with Crippen LogP contribution in [0.3, 0.4) is 0 Å². The molecule has 0 aromatic heterocycles. The van der Waals surface area contributed by atoms with Crippen LogP contribution in [0, 0.1) is 0 Å². The largest absolute Gasteiger partial charge is 0.493 e. The van der Waals surface area contributed by atoms with Crippen LogP contribution in [0.4, 0.5) is 0 Å². The van der Waals surface area contributed by atoms with Gasteiger partial charge in [-0.15, -0.1) is 0 Å². The maximum Gasteiger partial charge on any atom is 0.308 e. The summed E-state index contributed by atoms with van der Waals surface area (Å²) in [4.78, 5) is 23.0. The van der Waals surface area contributed by atoms with Crippen LogP contribution in [0.15, 0.2) is 65.8 Å². The summed E-state index contributed by atoms with van der Waals surface area (Å²) >= 11 is 0. The molecule has 0 heterocycles. The van der Waals surface area contributed by atoms with E-state index in [0.29, 0.717) is 22.8 Å². The van der Waals surface area contributed by atoms with Gasteiger partial charge in [-0.1, -0.05) is 30.3 Å². The van der Waals surface area contributed by atoms with Gasteiger partial charge in [-0.2, -0.15) is 5.10 Å². The fourth-order valence-corrected chi connectivity index (χ4v) is 2.62. The SMILES string of the molecule is COc1cc(/C=N\NC(=O)COc2ccc3ccccc3c2)ccc1OC(C)=O. The summed E-state index contributed by atoms with van der Waals surface area (Å²) in [5.74, 6) is 0.468. The van der Waals surface area contributed by atoms with Crippen LogP contribution in [0.25, 0.3) is 10.8 Å². The molecule has 3 aromatic carbocycles. The number of esters is 1. The number of amides is 1. The van der Waals surface area contributed by atoms with Crippen molar-refractivity contribution in [1.82, 2.24) is 5.43 Å². The highest BCUT2D eigenvalue weighted by Crippen LogP contribution is 2.27. The number of nitrogens with one attached hydrogen (secondary N) is 1. The minimum absolute atomic E-state index is 0.162. The van der Waals surface area contributed by atoms with Gasteiger partial charge in [0.1, 0.15) is 5.75 Å². The van der Waals surface area contributed by atoms with Gasteiger partial charge in [0.15, 0.2) is 18.1 Å². The van der Waals surface area contributed by atoms with Crippen LogP contribution >= 0.6 is 0 Å². The average Bonchev–Trinajstić information content (AvgIpc) is 2.72.